The quantitative estimate of drug-likeness (QED) is 0.376. The van der Waals surface area contributed by atoms with Gasteiger partial charge in [0.05, 0.1) is 18.7 Å². The van der Waals surface area contributed by atoms with E-state index in [4.69, 9.17) is 9.26 Å². The fourth-order valence-electron chi connectivity index (χ4n) is 4.53. The third kappa shape index (κ3) is 3.79. The van der Waals surface area contributed by atoms with E-state index in [1.807, 2.05) is 72.8 Å². The van der Waals surface area contributed by atoms with Crippen molar-refractivity contribution >= 4 is 22.9 Å². The fourth-order valence-corrected chi connectivity index (χ4v) is 4.53. The fraction of sp³-hybridized carbons (Fsp3) is 0.0714. The second-order valence-corrected chi connectivity index (χ2v) is 8.35. The Morgan fingerprint density at radius 2 is 1.64 bits per heavy atom. The van der Waals surface area contributed by atoms with Crippen molar-refractivity contribution in [2.24, 2.45) is 0 Å². The number of hydrogen-bond donors (Lipinski definition) is 3. The van der Waals surface area contributed by atoms with Crippen LogP contribution in [0.1, 0.15) is 22.7 Å². The van der Waals surface area contributed by atoms with E-state index in [1.54, 1.807) is 18.2 Å². The van der Waals surface area contributed by atoms with E-state index in [1.165, 1.54) is 6.26 Å². The Balaban J connectivity index is 1.51. The van der Waals surface area contributed by atoms with E-state index in [0.717, 1.165) is 22.3 Å². The summed E-state index contributed by atoms with van der Waals surface area (Å²) in [6.45, 7) is 0. The lowest BCUT2D eigenvalue weighted by Crippen LogP contribution is -2.47. The number of nitrogens with zero attached hydrogens (tertiary/aromatic N) is 2. The molecule has 1 unspecified atom stereocenters. The molecule has 3 heterocycles. The number of rotatable bonds is 6. The molecule has 0 radical (unpaired) electrons. The van der Waals surface area contributed by atoms with Crippen LogP contribution < -0.4 is 20.8 Å². The van der Waals surface area contributed by atoms with Gasteiger partial charge in [-0.2, -0.15) is 0 Å². The molecule has 6 rings (SSSR count). The number of hydrazine groups is 1. The molecule has 0 saturated carbocycles. The Morgan fingerprint density at radius 1 is 0.917 bits per heavy atom. The minimum absolute atomic E-state index is 0.202. The number of carbonyl (C=O) groups excluding carboxylic acids is 1. The maximum Gasteiger partial charge on any atom is 0.278 e. The lowest BCUT2D eigenvalue weighted by atomic mass is 9.94. The topological polar surface area (TPSA) is 91.7 Å². The summed E-state index contributed by atoms with van der Waals surface area (Å²) in [4.78, 5) is 14.1. The van der Waals surface area contributed by atoms with Crippen LogP contribution >= 0.6 is 0 Å². The molecule has 2 aliphatic rings. The summed E-state index contributed by atoms with van der Waals surface area (Å²) < 4.78 is 10.3. The van der Waals surface area contributed by atoms with Gasteiger partial charge in [0, 0.05) is 11.6 Å². The number of benzene rings is 3. The third-order valence-corrected chi connectivity index (χ3v) is 6.22. The van der Waals surface area contributed by atoms with Crippen LogP contribution in [-0.2, 0) is 4.79 Å². The monoisotopic (exact) mass is 477 g/mol. The molecule has 8 nitrogen and oxygen atoms in total. The van der Waals surface area contributed by atoms with E-state index < -0.39 is 0 Å². The summed E-state index contributed by atoms with van der Waals surface area (Å²) >= 11 is 0. The Hall–Kier alpha value is -4.82. The van der Waals surface area contributed by atoms with E-state index in [2.05, 4.69) is 33.3 Å². The molecule has 3 N–H and O–H groups in total. The number of hydrogen-bond acceptors (Lipinski definition) is 7. The van der Waals surface area contributed by atoms with Gasteiger partial charge in [0.1, 0.15) is 23.7 Å². The Morgan fingerprint density at radius 3 is 2.31 bits per heavy atom. The molecule has 0 bridgehead atoms. The van der Waals surface area contributed by atoms with Crippen LogP contribution in [0.2, 0.25) is 0 Å². The number of methoxy groups -OCH3 is 1. The highest BCUT2D eigenvalue weighted by atomic mass is 16.5. The first-order valence-electron chi connectivity index (χ1n) is 11.5. The molecule has 1 amide bonds. The van der Waals surface area contributed by atoms with E-state index in [9.17, 15) is 4.79 Å². The summed E-state index contributed by atoms with van der Waals surface area (Å²) in [5.74, 6) is 2.15. The molecular weight excluding hydrogens is 454 g/mol. The summed E-state index contributed by atoms with van der Waals surface area (Å²) in [5.41, 5.74) is 7.63. The molecule has 3 aromatic carbocycles. The lowest BCUT2D eigenvalue weighted by Gasteiger charge is -2.31. The van der Waals surface area contributed by atoms with Crippen LogP contribution in [0.25, 0.3) is 11.1 Å². The Kier molecular flexibility index (Phi) is 5.48. The van der Waals surface area contributed by atoms with Gasteiger partial charge in [0.15, 0.2) is 5.82 Å². The number of carbonyl (C=O) groups is 1. The SMILES string of the molecule is COc1ccc(C2=C(Nc3ccon3)NC3=C(c4ccccc4)C(c4ccccc4)NN3C2=O)cc1. The van der Waals surface area contributed by atoms with Crippen molar-refractivity contribution in [1.29, 1.82) is 0 Å². The highest BCUT2D eigenvalue weighted by molar-refractivity contribution is 6.22. The maximum absolute atomic E-state index is 14.1. The number of anilines is 1. The number of nitrogens with one attached hydrogen (secondary N) is 3. The van der Waals surface area contributed by atoms with Crippen molar-refractivity contribution in [2.45, 2.75) is 6.04 Å². The normalized spacial score (nSPS) is 17.2. The van der Waals surface area contributed by atoms with Crippen LogP contribution in [0.3, 0.4) is 0 Å². The first-order valence-corrected chi connectivity index (χ1v) is 11.5. The summed E-state index contributed by atoms with van der Waals surface area (Å²) in [6, 6.07) is 29.0. The molecule has 36 heavy (non-hydrogen) atoms. The molecule has 0 aliphatic carbocycles. The van der Waals surface area contributed by atoms with Gasteiger partial charge in [0.2, 0.25) is 0 Å². The highest BCUT2D eigenvalue weighted by Crippen LogP contribution is 2.41. The zero-order valence-corrected chi connectivity index (χ0v) is 19.4. The van der Waals surface area contributed by atoms with Gasteiger partial charge in [0.25, 0.3) is 5.91 Å². The van der Waals surface area contributed by atoms with Crippen molar-refractivity contribution in [3.63, 3.8) is 0 Å². The minimum Gasteiger partial charge on any atom is -0.497 e. The molecule has 4 aromatic rings. The molecule has 0 fully saturated rings. The average Bonchev–Trinajstić information content (AvgIpc) is 3.58. The van der Waals surface area contributed by atoms with Gasteiger partial charge in [-0.15, -0.1) is 0 Å². The van der Waals surface area contributed by atoms with Gasteiger partial charge in [-0.1, -0.05) is 78.0 Å². The minimum atomic E-state index is -0.233. The Labute approximate surface area is 207 Å². The predicted molar refractivity (Wildman–Crippen MR) is 136 cm³/mol. The summed E-state index contributed by atoms with van der Waals surface area (Å²) in [7, 11) is 1.61. The first kappa shape index (κ1) is 21.7. The predicted octanol–water partition coefficient (Wildman–Crippen LogP) is 4.52. The number of ether oxygens (including phenoxy) is 1. The molecule has 0 saturated heterocycles. The number of aromatic nitrogens is 1. The van der Waals surface area contributed by atoms with Crippen molar-refractivity contribution in [3.8, 4) is 5.75 Å². The van der Waals surface area contributed by atoms with E-state index >= 15 is 0 Å². The van der Waals surface area contributed by atoms with E-state index in [-0.39, 0.29) is 11.9 Å². The van der Waals surface area contributed by atoms with Gasteiger partial charge in [-0.3, -0.25) is 4.79 Å². The van der Waals surface area contributed by atoms with Gasteiger partial charge < -0.3 is 19.9 Å². The van der Waals surface area contributed by atoms with Gasteiger partial charge >= 0.3 is 0 Å². The van der Waals surface area contributed by atoms with Crippen molar-refractivity contribution < 1.29 is 14.1 Å². The molecule has 178 valence electrons. The molecule has 1 atom stereocenters. The van der Waals surface area contributed by atoms with Crippen molar-refractivity contribution in [1.82, 2.24) is 20.9 Å². The third-order valence-electron chi connectivity index (χ3n) is 6.22. The van der Waals surface area contributed by atoms with Crippen LogP contribution in [0, 0.1) is 0 Å². The largest absolute Gasteiger partial charge is 0.497 e. The second kappa shape index (κ2) is 9.09. The second-order valence-electron chi connectivity index (χ2n) is 8.35. The van der Waals surface area contributed by atoms with Crippen LogP contribution in [0.4, 0.5) is 5.82 Å². The molecule has 1 aromatic heterocycles. The van der Waals surface area contributed by atoms with Gasteiger partial charge in [-0.05, 0) is 28.8 Å². The Bertz CT molecular complexity index is 1450. The van der Waals surface area contributed by atoms with Crippen LogP contribution in [0.5, 0.6) is 5.75 Å². The molecular formula is C28H23N5O3. The van der Waals surface area contributed by atoms with Gasteiger partial charge in [-0.25, -0.2) is 10.4 Å². The molecule has 0 spiro atoms. The standard InChI is InChI=1S/C28H23N5O3/c1-35-21-14-12-19(13-15-21)24-26(29-22-16-17-36-32-22)30-27-23(18-8-4-2-5-9-18)25(31-33(27)28(24)34)20-10-6-3-7-11-20/h2-17,25,30-31H,1H3,(H,29,32). The molecule has 8 heteroatoms. The zero-order valence-electron chi connectivity index (χ0n) is 19.4. The average molecular weight is 478 g/mol. The molecule has 2 aliphatic heterocycles. The summed E-state index contributed by atoms with van der Waals surface area (Å²) in [6.07, 6.45) is 1.48. The summed E-state index contributed by atoms with van der Waals surface area (Å²) in [5, 5.41) is 12.3. The highest BCUT2D eigenvalue weighted by Gasteiger charge is 2.42. The smallest absolute Gasteiger partial charge is 0.278 e. The number of fused-ring (bicyclic) bond motifs is 1. The first-order chi connectivity index (χ1) is 17.7. The van der Waals surface area contributed by atoms with Crippen LogP contribution in [-0.4, -0.2) is 23.2 Å². The zero-order chi connectivity index (χ0) is 24.5. The van der Waals surface area contributed by atoms with Crippen molar-refractivity contribution in [3.05, 3.63) is 126 Å². The number of amides is 1. The lowest BCUT2D eigenvalue weighted by molar-refractivity contribution is -0.126. The van der Waals surface area contributed by atoms with Crippen LogP contribution in [0.15, 0.2) is 113 Å². The van der Waals surface area contributed by atoms with Crippen molar-refractivity contribution in [2.75, 3.05) is 12.4 Å². The maximum atomic E-state index is 14.1. The van der Waals surface area contributed by atoms with E-state index in [0.29, 0.717) is 28.8 Å².